The molecule has 2 aromatic heterocycles. The fourth-order valence-corrected chi connectivity index (χ4v) is 1.27. The van der Waals surface area contributed by atoms with E-state index in [0.29, 0.717) is 24.1 Å². The van der Waals surface area contributed by atoms with Gasteiger partial charge in [0.15, 0.2) is 0 Å². The zero-order chi connectivity index (χ0) is 13.0. The van der Waals surface area contributed by atoms with E-state index in [-0.39, 0.29) is 6.01 Å². The van der Waals surface area contributed by atoms with Gasteiger partial charge in [-0.05, 0) is 12.5 Å². The number of hydrogen-bond acceptors (Lipinski definition) is 6. The molecular formula is C11H15N5O2. The van der Waals surface area contributed by atoms with Crippen LogP contribution in [0.5, 0.6) is 17.8 Å². The lowest BCUT2D eigenvalue weighted by Gasteiger charge is -2.07. The zero-order valence-corrected chi connectivity index (χ0v) is 10.3. The average Bonchev–Trinajstić information content (AvgIpc) is 2.75. The Kier molecular flexibility index (Phi) is 3.61. The van der Waals surface area contributed by atoms with Crippen LogP contribution >= 0.6 is 0 Å². The Hall–Kier alpha value is -2.31. The fourth-order valence-electron chi connectivity index (χ4n) is 1.27. The molecule has 0 aliphatic heterocycles. The number of ether oxygens (including phenoxy) is 2. The number of aryl methyl sites for hydroxylation is 1. The van der Waals surface area contributed by atoms with E-state index in [4.69, 9.17) is 15.2 Å². The van der Waals surface area contributed by atoms with Gasteiger partial charge in [0.25, 0.3) is 0 Å². The summed E-state index contributed by atoms with van der Waals surface area (Å²) in [5.74, 6) is 0.715. The van der Waals surface area contributed by atoms with E-state index in [0.717, 1.165) is 6.42 Å². The van der Waals surface area contributed by atoms with Crippen molar-refractivity contribution in [1.82, 2.24) is 19.7 Å². The summed E-state index contributed by atoms with van der Waals surface area (Å²) in [5, 5.41) is 3.99. The van der Waals surface area contributed by atoms with E-state index in [1.807, 2.05) is 6.92 Å². The monoisotopic (exact) mass is 249 g/mol. The van der Waals surface area contributed by atoms with Crippen molar-refractivity contribution in [3.63, 3.8) is 0 Å². The molecule has 0 fully saturated rings. The minimum atomic E-state index is 0.233. The minimum absolute atomic E-state index is 0.233. The molecule has 0 atom stereocenters. The summed E-state index contributed by atoms with van der Waals surface area (Å²) in [6, 6.07) is 3.55. The predicted molar refractivity (Wildman–Crippen MR) is 65.5 cm³/mol. The Bertz CT molecular complexity index is 526. The largest absolute Gasteiger partial charge is 0.476 e. The van der Waals surface area contributed by atoms with Gasteiger partial charge in [-0.1, -0.05) is 6.92 Å². The maximum Gasteiger partial charge on any atom is 0.342 e. The van der Waals surface area contributed by atoms with Gasteiger partial charge < -0.3 is 15.2 Å². The molecule has 0 amide bonds. The molecule has 0 spiro atoms. The van der Waals surface area contributed by atoms with Crippen LogP contribution in [0.3, 0.4) is 0 Å². The summed E-state index contributed by atoms with van der Waals surface area (Å²) < 4.78 is 12.3. The fraction of sp³-hybridized carbons (Fsp3) is 0.364. The Labute approximate surface area is 105 Å². The second-order valence-corrected chi connectivity index (χ2v) is 3.70. The molecule has 7 heteroatoms. The highest BCUT2D eigenvalue weighted by molar-refractivity contribution is 5.49. The van der Waals surface area contributed by atoms with E-state index >= 15 is 0 Å². The van der Waals surface area contributed by atoms with Gasteiger partial charge in [-0.25, -0.2) is 0 Å². The maximum absolute atomic E-state index is 5.75. The van der Waals surface area contributed by atoms with Crippen LogP contribution < -0.4 is 15.2 Å². The van der Waals surface area contributed by atoms with Crippen molar-refractivity contribution in [2.45, 2.75) is 13.3 Å². The highest BCUT2D eigenvalue weighted by atomic mass is 16.5. The van der Waals surface area contributed by atoms with E-state index in [9.17, 15) is 0 Å². The Morgan fingerprint density at radius 1 is 1.39 bits per heavy atom. The molecule has 2 heterocycles. The van der Waals surface area contributed by atoms with Crippen molar-refractivity contribution in [1.29, 1.82) is 0 Å². The summed E-state index contributed by atoms with van der Waals surface area (Å²) >= 11 is 0. The summed E-state index contributed by atoms with van der Waals surface area (Å²) in [4.78, 5) is 8.10. The molecule has 7 nitrogen and oxygen atoms in total. The van der Waals surface area contributed by atoms with Crippen molar-refractivity contribution in [2.75, 3.05) is 12.3 Å². The Morgan fingerprint density at radius 2 is 2.22 bits per heavy atom. The number of rotatable bonds is 5. The third-order valence-corrected chi connectivity index (χ3v) is 2.08. The van der Waals surface area contributed by atoms with Crippen LogP contribution in [0.1, 0.15) is 13.3 Å². The summed E-state index contributed by atoms with van der Waals surface area (Å²) in [6.07, 6.45) is 2.43. The quantitative estimate of drug-likeness (QED) is 0.861. The lowest BCUT2D eigenvalue weighted by atomic mass is 10.4. The lowest BCUT2D eigenvalue weighted by Crippen LogP contribution is -2.02. The standard InChI is InChI=1S/C11H15N5O2/c1-3-6-17-10-8(12)4-5-9(14-10)18-11-13-7-16(2)15-11/h4-5,7H,3,6,12H2,1-2H3. The SMILES string of the molecule is CCCOc1nc(Oc2ncn(C)n2)ccc1N. The van der Waals surface area contributed by atoms with Crippen LogP contribution in [-0.2, 0) is 7.05 Å². The normalized spacial score (nSPS) is 10.3. The second-order valence-electron chi connectivity index (χ2n) is 3.70. The molecule has 2 rings (SSSR count). The van der Waals surface area contributed by atoms with Gasteiger partial charge >= 0.3 is 6.01 Å². The molecule has 2 aromatic rings. The third-order valence-electron chi connectivity index (χ3n) is 2.08. The number of anilines is 1. The highest BCUT2D eigenvalue weighted by Crippen LogP contribution is 2.24. The summed E-state index contributed by atoms with van der Waals surface area (Å²) in [5.41, 5.74) is 6.23. The van der Waals surface area contributed by atoms with Crippen LogP contribution in [-0.4, -0.2) is 26.4 Å². The average molecular weight is 249 g/mol. The zero-order valence-electron chi connectivity index (χ0n) is 10.3. The van der Waals surface area contributed by atoms with E-state index < -0.39 is 0 Å². The van der Waals surface area contributed by atoms with Crippen molar-refractivity contribution in [2.24, 2.45) is 7.05 Å². The lowest BCUT2D eigenvalue weighted by molar-refractivity contribution is 0.301. The summed E-state index contributed by atoms with van der Waals surface area (Å²) in [7, 11) is 1.76. The van der Waals surface area contributed by atoms with Gasteiger partial charge in [0.2, 0.25) is 11.8 Å². The molecule has 0 aliphatic carbocycles. The van der Waals surface area contributed by atoms with E-state index in [1.165, 1.54) is 0 Å². The molecule has 0 radical (unpaired) electrons. The van der Waals surface area contributed by atoms with Gasteiger partial charge in [-0.15, -0.1) is 5.10 Å². The number of nitrogen functional groups attached to an aromatic ring is 1. The van der Waals surface area contributed by atoms with Gasteiger partial charge in [0.1, 0.15) is 6.33 Å². The van der Waals surface area contributed by atoms with Crippen LogP contribution in [0.25, 0.3) is 0 Å². The molecule has 2 N–H and O–H groups in total. The van der Waals surface area contributed by atoms with Gasteiger partial charge in [0, 0.05) is 13.1 Å². The van der Waals surface area contributed by atoms with Crippen LogP contribution in [0.2, 0.25) is 0 Å². The number of nitrogens with zero attached hydrogens (tertiary/aromatic N) is 4. The number of nitrogens with two attached hydrogens (primary N) is 1. The van der Waals surface area contributed by atoms with Crippen LogP contribution in [0.4, 0.5) is 5.69 Å². The second kappa shape index (κ2) is 5.35. The van der Waals surface area contributed by atoms with Crippen molar-refractivity contribution in [3.8, 4) is 17.8 Å². The first-order valence-electron chi connectivity index (χ1n) is 5.62. The Balaban J connectivity index is 2.13. The highest BCUT2D eigenvalue weighted by Gasteiger charge is 2.08. The van der Waals surface area contributed by atoms with Gasteiger partial charge in [-0.3, -0.25) is 4.68 Å². The first-order chi connectivity index (χ1) is 8.69. The van der Waals surface area contributed by atoms with Crippen molar-refractivity contribution in [3.05, 3.63) is 18.5 Å². The Morgan fingerprint density at radius 3 is 2.89 bits per heavy atom. The van der Waals surface area contributed by atoms with E-state index in [2.05, 4.69) is 15.1 Å². The summed E-state index contributed by atoms with van der Waals surface area (Å²) in [6.45, 7) is 2.57. The molecule has 0 aromatic carbocycles. The molecule has 0 bridgehead atoms. The maximum atomic E-state index is 5.75. The molecule has 0 saturated carbocycles. The molecule has 0 saturated heterocycles. The first-order valence-corrected chi connectivity index (χ1v) is 5.62. The van der Waals surface area contributed by atoms with Crippen molar-refractivity contribution >= 4 is 5.69 Å². The van der Waals surface area contributed by atoms with Crippen LogP contribution in [0, 0.1) is 0 Å². The van der Waals surface area contributed by atoms with Gasteiger partial charge in [0.05, 0.1) is 12.3 Å². The van der Waals surface area contributed by atoms with E-state index in [1.54, 1.807) is 30.2 Å². The molecule has 0 aliphatic rings. The molecule has 18 heavy (non-hydrogen) atoms. The molecular weight excluding hydrogens is 234 g/mol. The smallest absolute Gasteiger partial charge is 0.342 e. The number of aromatic nitrogens is 4. The molecule has 96 valence electrons. The topological polar surface area (TPSA) is 88.1 Å². The first kappa shape index (κ1) is 12.2. The van der Waals surface area contributed by atoms with Crippen LogP contribution in [0.15, 0.2) is 18.5 Å². The predicted octanol–water partition coefficient (Wildman–Crippen LogP) is 1.37. The number of hydrogen-bond donors (Lipinski definition) is 1. The van der Waals surface area contributed by atoms with Crippen molar-refractivity contribution < 1.29 is 9.47 Å². The number of pyridine rings is 1. The van der Waals surface area contributed by atoms with Gasteiger partial charge in [-0.2, -0.15) is 9.97 Å². The third kappa shape index (κ3) is 2.88. The minimum Gasteiger partial charge on any atom is -0.476 e. The molecule has 0 unspecified atom stereocenters.